The number of piperidine rings is 1. The molecular weight excluding hydrogens is 476 g/mol. The Bertz CT molecular complexity index is 1300. The number of thiazole rings is 1. The molecule has 0 radical (unpaired) electrons. The molecule has 0 N–H and O–H groups in total. The third kappa shape index (κ3) is 5.13. The minimum Gasteiger partial charge on any atom is -0.348 e. The van der Waals surface area contributed by atoms with Gasteiger partial charge >= 0.3 is 0 Å². The fourth-order valence-corrected chi connectivity index (χ4v) is 6.93. The van der Waals surface area contributed by atoms with E-state index in [1.807, 2.05) is 0 Å². The molecule has 6 heteroatoms. The molecule has 5 nitrogen and oxygen atoms in total. The van der Waals surface area contributed by atoms with E-state index in [0.29, 0.717) is 5.91 Å². The zero-order chi connectivity index (χ0) is 25.2. The van der Waals surface area contributed by atoms with E-state index >= 15 is 0 Å². The number of piperazine rings is 1. The average Bonchev–Trinajstić information content (AvgIpc) is 3.38. The molecule has 2 fully saturated rings. The van der Waals surface area contributed by atoms with Gasteiger partial charge in [0.15, 0.2) is 5.13 Å². The first-order valence-electron chi connectivity index (χ1n) is 13.4. The maximum atomic E-state index is 13.5. The molecule has 0 atom stereocenters. The van der Waals surface area contributed by atoms with Gasteiger partial charge in [0, 0.05) is 45.2 Å². The second-order valence-electron chi connectivity index (χ2n) is 10.3. The van der Waals surface area contributed by atoms with Crippen LogP contribution in [0.5, 0.6) is 0 Å². The van der Waals surface area contributed by atoms with Crippen molar-refractivity contribution in [3.63, 3.8) is 0 Å². The van der Waals surface area contributed by atoms with Gasteiger partial charge in [-0.1, -0.05) is 78.1 Å². The highest BCUT2D eigenvalue weighted by Gasteiger charge is 2.33. The summed E-state index contributed by atoms with van der Waals surface area (Å²) in [7, 11) is 0. The highest BCUT2D eigenvalue weighted by atomic mass is 32.1. The normalized spacial score (nSPS) is 17.6. The zero-order valence-corrected chi connectivity index (χ0v) is 22.2. The van der Waals surface area contributed by atoms with Gasteiger partial charge in [-0.2, -0.15) is 0 Å². The number of aromatic nitrogens is 1. The highest BCUT2D eigenvalue weighted by molar-refractivity contribution is 7.22. The van der Waals surface area contributed by atoms with Crippen LogP contribution in [0, 0.1) is 12.8 Å². The van der Waals surface area contributed by atoms with Crippen LogP contribution in [-0.2, 0) is 4.79 Å². The van der Waals surface area contributed by atoms with Crippen molar-refractivity contribution >= 4 is 32.6 Å². The molecule has 0 unspecified atom stereocenters. The topological polar surface area (TPSA) is 39.7 Å². The number of carbonyl (C=O) groups is 1. The molecule has 1 aromatic heterocycles. The first kappa shape index (κ1) is 24.1. The van der Waals surface area contributed by atoms with Crippen molar-refractivity contribution in [3.05, 3.63) is 95.6 Å². The second kappa shape index (κ2) is 10.6. The predicted molar refractivity (Wildman–Crippen MR) is 152 cm³/mol. The molecule has 0 saturated carbocycles. The first-order valence-corrected chi connectivity index (χ1v) is 14.2. The first-order chi connectivity index (χ1) is 18.2. The van der Waals surface area contributed by atoms with Crippen LogP contribution in [0.25, 0.3) is 10.2 Å². The molecule has 0 bridgehead atoms. The van der Waals surface area contributed by atoms with Crippen molar-refractivity contribution < 1.29 is 4.79 Å². The Morgan fingerprint density at radius 1 is 0.838 bits per heavy atom. The summed E-state index contributed by atoms with van der Waals surface area (Å²) in [6.07, 6.45) is 1.81. The summed E-state index contributed by atoms with van der Waals surface area (Å²) in [6, 6.07) is 28.2. The van der Waals surface area contributed by atoms with Crippen LogP contribution in [-0.4, -0.2) is 60.0 Å². The van der Waals surface area contributed by atoms with Crippen molar-refractivity contribution in [3.8, 4) is 0 Å². The number of rotatable bonds is 5. The number of anilines is 1. The summed E-state index contributed by atoms with van der Waals surface area (Å²) in [5.41, 5.74) is 4.97. The van der Waals surface area contributed by atoms with E-state index in [9.17, 15) is 4.79 Å². The van der Waals surface area contributed by atoms with Gasteiger partial charge in [0.2, 0.25) is 5.91 Å². The van der Waals surface area contributed by atoms with Gasteiger partial charge in [-0.25, -0.2) is 4.98 Å². The molecule has 3 heterocycles. The molecule has 2 aliphatic rings. The van der Waals surface area contributed by atoms with Crippen LogP contribution < -0.4 is 4.90 Å². The van der Waals surface area contributed by atoms with Gasteiger partial charge in [-0.05, 0) is 48.6 Å². The molecule has 2 aliphatic heterocycles. The van der Waals surface area contributed by atoms with Crippen LogP contribution in [0.15, 0.2) is 78.9 Å². The Hall–Kier alpha value is -3.22. The van der Waals surface area contributed by atoms with Crippen molar-refractivity contribution in [1.82, 2.24) is 14.8 Å². The smallest absolute Gasteiger partial charge is 0.225 e. The maximum absolute atomic E-state index is 13.5. The molecule has 0 spiro atoms. The summed E-state index contributed by atoms with van der Waals surface area (Å²) in [4.78, 5) is 25.3. The van der Waals surface area contributed by atoms with Crippen molar-refractivity contribution in [2.24, 2.45) is 5.92 Å². The molecule has 6 rings (SSSR count). The van der Waals surface area contributed by atoms with E-state index in [1.165, 1.54) is 21.4 Å². The molecule has 3 aromatic carbocycles. The summed E-state index contributed by atoms with van der Waals surface area (Å²) >= 11 is 1.77. The van der Waals surface area contributed by atoms with Crippen molar-refractivity contribution in [1.29, 1.82) is 0 Å². The third-order valence-corrected chi connectivity index (χ3v) is 8.95. The van der Waals surface area contributed by atoms with Gasteiger partial charge < -0.3 is 9.80 Å². The SMILES string of the molecule is Cc1ccc2nc(N3CCC(C(=O)N4CCN(C(c5ccccc5)c5ccccc5)CC4)CC3)sc2c1. The Kier molecular flexibility index (Phi) is 6.94. The van der Waals surface area contributed by atoms with E-state index in [2.05, 4.69) is 100 Å². The van der Waals surface area contributed by atoms with E-state index in [1.54, 1.807) is 11.3 Å². The van der Waals surface area contributed by atoms with Crippen LogP contribution in [0.2, 0.25) is 0 Å². The van der Waals surface area contributed by atoms with Gasteiger partial charge in [-0.3, -0.25) is 9.69 Å². The summed E-state index contributed by atoms with van der Waals surface area (Å²) in [6.45, 7) is 7.31. The number of amides is 1. The lowest BCUT2D eigenvalue weighted by Crippen LogP contribution is -2.52. The van der Waals surface area contributed by atoms with Crippen LogP contribution in [0.1, 0.15) is 35.6 Å². The van der Waals surface area contributed by atoms with E-state index in [-0.39, 0.29) is 12.0 Å². The Morgan fingerprint density at radius 3 is 2.08 bits per heavy atom. The zero-order valence-electron chi connectivity index (χ0n) is 21.4. The number of fused-ring (bicyclic) bond motifs is 1. The Balaban J connectivity index is 1.07. The molecule has 37 heavy (non-hydrogen) atoms. The average molecular weight is 511 g/mol. The quantitative estimate of drug-likeness (QED) is 0.343. The van der Waals surface area contributed by atoms with Gasteiger partial charge in [0.1, 0.15) is 0 Å². The lowest BCUT2D eigenvalue weighted by molar-refractivity contribution is -0.138. The minimum absolute atomic E-state index is 0.124. The van der Waals surface area contributed by atoms with E-state index in [4.69, 9.17) is 4.98 Å². The van der Waals surface area contributed by atoms with E-state index in [0.717, 1.165) is 62.8 Å². The fraction of sp³-hybridized carbons (Fsp3) is 0.355. The monoisotopic (exact) mass is 510 g/mol. The number of hydrogen-bond acceptors (Lipinski definition) is 5. The molecule has 2 saturated heterocycles. The largest absolute Gasteiger partial charge is 0.348 e. The van der Waals surface area contributed by atoms with Crippen LogP contribution in [0.3, 0.4) is 0 Å². The van der Waals surface area contributed by atoms with Crippen LogP contribution >= 0.6 is 11.3 Å². The summed E-state index contributed by atoms with van der Waals surface area (Å²) in [5, 5.41) is 1.09. The maximum Gasteiger partial charge on any atom is 0.225 e. The number of aryl methyl sites for hydroxylation is 1. The highest BCUT2D eigenvalue weighted by Crippen LogP contribution is 2.33. The minimum atomic E-state index is 0.124. The van der Waals surface area contributed by atoms with Crippen molar-refractivity contribution in [2.75, 3.05) is 44.2 Å². The lowest BCUT2D eigenvalue weighted by Gasteiger charge is -2.41. The fourth-order valence-electron chi connectivity index (χ4n) is 5.82. The third-order valence-electron chi connectivity index (χ3n) is 7.87. The van der Waals surface area contributed by atoms with Gasteiger partial charge in [0.05, 0.1) is 16.3 Å². The second-order valence-corrected chi connectivity index (χ2v) is 11.3. The summed E-state index contributed by atoms with van der Waals surface area (Å²) in [5.74, 6) is 0.466. The molecule has 190 valence electrons. The molecule has 1 amide bonds. The number of nitrogens with zero attached hydrogens (tertiary/aromatic N) is 4. The number of benzene rings is 3. The molecule has 0 aliphatic carbocycles. The Morgan fingerprint density at radius 2 is 1.46 bits per heavy atom. The molecule has 4 aromatic rings. The number of carbonyl (C=O) groups excluding carboxylic acids is 1. The predicted octanol–water partition coefficient (Wildman–Crippen LogP) is 5.75. The standard InChI is InChI=1S/C31H34N4OS/c1-23-12-13-27-28(22-23)37-31(32-27)35-16-14-26(15-17-35)30(36)34-20-18-33(19-21-34)29(24-8-4-2-5-9-24)25-10-6-3-7-11-25/h2-13,22,26,29H,14-21H2,1H3. The summed E-state index contributed by atoms with van der Waals surface area (Å²) < 4.78 is 1.25. The van der Waals surface area contributed by atoms with Crippen molar-refractivity contribution in [2.45, 2.75) is 25.8 Å². The lowest BCUT2D eigenvalue weighted by atomic mass is 9.94. The van der Waals surface area contributed by atoms with Crippen LogP contribution in [0.4, 0.5) is 5.13 Å². The Labute approximate surface area is 223 Å². The number of hydrogen-bond donors (Lipinski definition) is 0. The van der Waals surface area contributed by atoms with Gasteiger partial charge in [0.25, 0.3) is 0 Å². The molecular formula is C31H34N4OS. The van der Waals surface area contributed by atoms with Gasteiger partial charge in [-0.15, -0.1) is 0 Å². The van der Waals surface area contributed by atoms with E-state index < -0.39 is 0 Å².